The van der Waals surface area contributed by atoms with Crippen molar-refractivity contribution in [2.24, 2.45) is 0 Å². The van der Waals surface area contributed by atoms with Crippen LogP contribution < -0.4 is 10.2 Å². The van der Waals surface area contributed by atoms with Crippen molar-refractivity contribution in [2.45, 2.75) is 6.92 Å². The molecule has 0 aliphatic carbocycles. The lowest BCUT2D eigenvalue weighted by molar-refractivity contribution is -0.122. The number of carbonyl (C=O) groups is 1. The Labute approximate surface area is 119 Å². The van der Waals surface area contributed by atoms with Crippen LogP contribution in [0.4, 0.5) is 5.82 Å². The second-order valence-electron chi connectivity index (χ2n) is 4.73. The van der Waals surface area contributed by atoms with Crippen molar-refractivity contribution in [3.63, 3.8) is 0 Å². The van der Waals surface area contributed by atoms with Gasteiger partial charge in [-0.15, -0.1) is 0 Å². The standard InChI is InChI=1S/C14H19N5O/c1-2-16-14(20)11-18-5-7-19(8-6-18)13-4-3-12(9-15)10-17-13/h3-4,10H,2,5-8,11H2,1H3,(H,16,20). The lowest BCUT2D eigenvalue weighted by atomic mass is 10.2. The summed E-state index contributed by atoms with van der Waals surface area (Å²) < 4.78 is 0. The molecule has 1 amide bonds. The van der Waals surface area contributed by atoms with E-state index in [-0.39, 0.29) is 5.91 Å². The zero-order valence-electron chi connectivity index (χ0n) is 11.7. The molecule has 106 valence electrons. The zero-order chi connectivity index (χ0) is 14.4. The predicted molar refractivity (Wildman–Crippen MR) is 76.3 cm³/mol. The molecule has 6 heteroatoms. The average molecular weight is 273 g/mol. The summed E-state index contributed by atoms with van der Waals surface area (Å²) in [7, 11) is 0. The molecule has 0 unspecified atom stereocenters. The van der Waals surface area contributed by atoms with Crippen LogP contribution in [0.3, 0.4) is 0 Å². The second kappa shape index (κ2) is 6.87. The quantitative estimate of drug-likeness (QED) is 0.849. The smallest absolute Gasteiger partial charge is 0.234 e. The summed E-state index contributed by atoms with van der Waals surface area (Å²) in [5, 5.41) is 11.6. The third-order valence-corrected chi connectivity index (χ3v) is 3.31. The number of aromatic nitrogens is 1. The van der Waals surface area contributed by atoms with Crippen molar-refractivity contribution in [3.05, 3.63) is 23.9 Å². The van der Waals surface area contributed by atoms with Crippen LogP contribution >= 0.6 is 0 Å². The summed E-state index contributed by atoms with van der Waals surface area (Å²) in [5.41, 5.74) is 0.573. The summed E-state index contributed by atoms with van der Waals surface area (Å²) in [6, 6.07) is 5.72. The zero-order valence-corrected chi connectivity index (χ0v) is 11.7. The Kier molecular flexibility index (Phi) is 4.91. The summed E-state index contributed by atoms with van der Waals surface area (Å²) in [6.07, 6.45) is 1.59. The van der Waals surface area contributed by atoms with E-state index in [1.165, 1.54) is 0 Å². The Bertz CT molecular complexity index is 485. The highest BCUT2D eigenvalue weighted by molar-refractivity contribution is 5.77. The third kappa shape index (κ3) is 3.68. The molecule has 1 saturated heterocycles. The lowest BCUT2D eigenvalue weighted by Crippen LogP contribution is -2.49. The van der Waals surface area contributed by atoms with Gasteiger partial charge in [-0.3, -0.25) is 9.69 Å². The number of piperazine rings is 1. The van der Waals surface area contributed by atoms with Crippen molar-refractivity contribution in [3.8, 4) is 6.07 Å². The number of nitriles is 1. The van der Waals surface area contributed by atoms with Gasteiger partial charge in [0.05, 0.1) is 12.1 Å². The number of amides is 1. The molecule has 1 fully saturated rings. The van der Waals surface area contributed by atoms with Crippen molar-refractivity contribution in [2.75, 3.05) is 44.2 Å². The lowest BCUT2D eigenvalue weighted by Gasteiger charge is -2.34. The van der Waals surface area contributed by atoms with E-state index in [1.54, 1.807) is 12.3 Å². The van der Waals surface area contributed by atoms with Gasteiger partial charge in [0.2, 0.25) is 5.91 Å². The minimum absolute atomic E-state index is 0.0810. The molecule has 0 saturated carbocycles. The Hall–Kier alpha value is -2.13. The summed E-state index contributed by atoms with van der Waals surface area (Å²) >= 11 is 0. The number of pyridine rings is 1. The van der Waals surface area contributed by atoms with E-state index in [4.69, 9.17) is 5.26 Å². The molecule has 0 bridgehead atoms. The number of rotatable bonds is 4. The van der Waals surface area contributed by atoms with Crippen LogP contribution in [0, 0.1) is 11.3 Å². The van der Waals surface area contributed by atoms with E-state index in [0.29, 0.717) is 18.7 Å². The first-order valence-corrected chi connectivity index (χ1v) is 6.83. The Morgan fingerprint density at radius 1 is 1.40 bits per heavy atom. The highest BCUT2D eigenvalue weighted by Crippen LogP contribution is 2.13. The van der Waals surface area contributed by atoms with Gasteiger partial charge in [0.1, 0.15) is 11.9 Å². The molecule has 1 aromatic rings. The Morgan fingerprint density at radius 2 is 2.15 bits per heavy atom. The fourth-order valence-electron chi connectivity index (χ4n) is 2.23. The molecule has 2 rings (SSSR count). The van der Waals surface area contributed by atoms with Crippen LogP contribution in [0.5, 0.6) is 0 Å². The van der Waals surface area contributed by atoms with E-state index in [0.717, 1.165) is 32.0 Å². The van der Waals surface area contributed by atoms with Gasteiger partial charge < -0.3 is 10.2 Å². The molecular formula is C14H19N5O. The first-order valence-electron chi connectivity index (χ1n) is 6.83. The van der Waals surface area contributed by atoms with Gasteiger partial charge in [-0.25, -0.2) is 4.98 Å². The Morgan fingerprint density at radius 3 is 2.70 bits per heavy atom. The monoisotopic (exact) mass is 273 g/mol. The number of nitrogens with one attached hydrogen (secondary N) is 1. The number of hydrogen-bond acceptors (Lipinski definition) is 5. The predicted octanol–water partition coefficient (Wildman–Crippen LogP) is 0.211. The molecule has 0 radical (unpaired) electrons. The third-order valence-electron chi connectivity index (χ3n) is 3.31. The van der Waals surface area contributed by atoms with Crippen molar-refractivity contribution < 1.29 is 4.79 Å². The molecule has 0 aromatic carbocycles. The molecule has 1 aromatic heterocycles. The minimum atomic E-state index is 0.0810. The fourth-order valence-corrected chi connectivity index (χ4v) is 2.23. The van der Waals surface area contributed by atoms with Gasteiger partial charge in [0.25, 0.3) is 0 Å². The van der Waals surface area contributed by atoms with Gasteiger partial charge in [-0.1, -0.05) is 0 Å². The van der Waals surface area contributed by atoms with Gasteiger partial charge in [0.15, 0.2) is 0 Å². The number of carbonyl (C=O) groups excluding carboxylic acids is 1. The average Bonchev–Trinajstić information content (AvgIpc) is 2.48. The van der Waals surface area contributed by atoms with Crippen LogP contribution in [0.25, 0.3) is 0 Å². The molecule has 2 heterocycles. The van der Waals surface area contributed by atoms with Gasteiger partial charge >= 0.3 is 0 Å². The van der Waals surface area contributed by atoms with E-state index in [9.17, 15) is 4.79 Å². The van der Waals surface area contributed by atoms with E-state index >= 15 is 0 Å². The van der Waals surface area contributed by atoms with Crippen LogP contribution in [0.15, 0.2) is 18.3 Å². The highest BCUT2D eigenvalue weighted by Gasteiger charge is 2.19. The first kappa shape index (κ1) is 14.3. The largest absolute Gasteiger partial charge is 0.355 e. The maximum Gasteiger partial charge on any atom is 0.234 e. The maximum absolute atomic E-state index is 11.5. The van der Waals surface area contributed by atoms with Gasteiger partial charge in [-0.05, 0) is 19.1 Å². The van der Waals surface area contributed by atoms with Gasteiger partial charge in [-0.2, -0.15) is 5.26 Å². The van der Waals surface area contributed by atoms with Crippen LogP contribution in [0.1, 0.15) is 12.5 Å². The first-order chi connectivity index (χ1) is 9.72. The molecular weight excluding hydrogens is 254 g/mol. The van der Waals surface area contributed by atoms with E-state index < -0.39 is 0 Å². The maximum atomic E-state index is 11.5. The minimum Gasteiger partial charge on any atom is -0.355 e. The normalized spacial score (nSPS) is 15.7. The van der Waals surface area contributed by atoms with Crippen LogP contribution in [-0.2, 0) is 4.79 Å². The molecule has 1 N–H and O–H groups in total. The van der Waals surface area contributed by atoms with Crippen molar-refractivity contribution in [1.82, 2.24) is 15.2 Å². The van der Waals surface area contributed by atoms with Gasteiger partial charge in [0, 0.05) is 38.9 Å². The molecule has 0 spiro atoms. The number of anilines is 1. The van der Waals surface area contributed by atoms with E-state index in [1.807, 2.05) is 13.0 Å². The van der Waals surface area contributed by atoms with Crippen LogP contribution in [-0.4, -0.2) is 55.1 Å². The van der Waals surface area contributed by atoms with Crippen molar-refractivity contribution >= 4 is 11.7 Å². The topological polar surface area (TPSA) is 72.3 Å². The van der Waals surface area contributed by atoms with Crippen molar-refractivity contribution in [1.29, 1.82) is 5.26 Å². The number of nitrogens with zero attached hydrogens (tertiary/aromatic N) is 4. The summed E-state index contributed by atoms with van der Waals surface area (Å²) in [5.74, 6) is 0.971. The fraction of sp³-hybridized carbons (Fsp3) is 0.500. The van der Waals surface area contributed by atoms with Crippen LogP contribution in [0.2, 0.25) is 0 Å². The van der Waals surface area contributed by atoms with E-state index in [2.05, 4.69) is 26.2 Å². The molecule has 1 aliphatic heterocycles. The Balaban J connectivity index is 1.84. The summed E-state index contributed by atoms with van der Waals surface area (Å²) in [4.78, 5) is 20.1. The number of hydrogen-bond donors (Lipinski definition) is 1. The molecule has 6 nitrogen and oxygen atoms in total. The number of likely N-dealkylation sites (N-methyl/N-ethyl adjacent to an activating group) is 1. The molecule has 20 heavy (non-hydrogen) atoms. The highest BCUT2D eigenvalue weighted by atomic mass is 16.2. The second-order valence-corrected chi connectivity index (χ2v) is 4.73. The SMILES string of the molecule is CCNC(=O)CN1CCN(c2ccc(C#N)cn2)CC1. The molecule has 1 aliphatic rings. The molecule has 0 atom stereocenters. The summed E-state index contributed by atoms with van der Waals surface area (Å²) in [6.45, 7) is 6.44.